The number of nitrogens with zero attached hydrogens (tertiary/aromatic N) is 1. The molecule has 0 aliphatic rings. The van der Waals surface area contributed by atoms with Gasteiger partial charge in [-0.2, -0.15) is 0 Å². The molecule has 1 aromatic rings. The first-order valence-corrected chi connectivity index (χ1v) is 6.41. The van der Waals surface area contributed by atoms with E-state index < -0.39 is 0 Å². The Morgan fingerprint density at radius 2 is 1.82 bits per heavy atom. The van der Waals surface area contributed by atoms with Gasteiger partial charge in [0.1, 0.15) is 0 Å². The van der Waals surface area contributed by atoms with Crippen LogP contribution in [0.15, 0.2) is 29.2 Å². The maximum atomic E-state index is 11.8. The molecule has 0 saturated heterocycles. The number of rotatable bonds is 6. The van der Waals surface area contributed by atoms with Crippen LogP contribution in [0, 0.1) is 0 Å². The van der Waals surface area contributed by atoms with Crippen molar-refractivity contribution in [3.8, 4) is 0 Å². The molecule has 0 bridgehead atoms. The molecule has 0 radical (unpaired) electrons. The van der Waals surface area contributed by atoms with Crippen molar-refractivity contribution in [1.29, 1.82) is 0 Å². The molecular weight excluding hydrogens is 232 g/mol. The van der Waals surface area contributed by atoms with Crippen LogP contribution in [0.2, 0.25) is 0 Å². The van der Waals surface area contributed by atoms with Crippen molar-refractivity contribution < 1.29 is 4.79 Å². The van der Waals surface area contributed by atoms with Gasteiger partial charge in [-0.05, 0) is 37.4 Å². The van der Waals surface area contributed by atoms with Gasteiger partial charge in [-0.25, -0.2) is 0 Å². The molecule has 0 unspecified atom stereocenters. The van der Waals surface area contributed by atoms with E-state index in [1.807, 2.05) is 12.1 Å². The summed E-state index contributed by atoms with van der Waals surface area (Å²) in [5.41, 5.74) is 0.683. The molecule has 1 amide bonds. The lowest BCUT2D eigenvalue weighted by atomic mass is 10.2. The summed E-state index contributed by atoms with van der Waals surface area (Å²) in [6.45, 7) is 7.85. The van der Waals surface area contributed by atoms with Crippen molar-refractivity contribution in [2.24, 2.45) is 0 Å². The Morgan fingerprint density at radius 1 is 1.24 bits per heavy atom. The minimum absolute atomic E-state index is 0.0227. The fourth-order valence-electron chi connectivity index (χ4n) is 1.58. The van der Waals surface area contributed by atoms with E-state index in [0.717, 1.165) is 24.5 Å². The van der Waals surface area contributed by atoms with Gasteiger partial charge in [-0.1, -0.05) is 13.8 Å². The number of nitrogens with one attached hydrogen (secondary N) is 1. The Balaban J connectivity index is 2.37. The molecule has 94 valence electrons. The summed E-state index contributed by atoms with van der Waals surface area (Å²) >= 11 is 4.18. The summed E-state index contributed by atoms with van der Waals surface area (Å²) in [5.74, 6) is -0.0227. The van der Waals surface area contributed by atoms with Crippen LogP contribution in [-0.4, -0.2) is 37.0 Å². The Morgan fingerprint density at radius 3 is 2.35 bits per heavy atom. The number of hydrogen-bond acceptors (Lipinski definition) is 3. The first kappa shape index (κ1) is 14.1. The molecule has 0 spiro atoms. The van der Waals surface area contributed by atoms with Crippen LogP contribution < -0.4 is 5.32 Å². The van der Waals surface area contributed by atoms with Gasteiger partial charge in [-0.3, -0.25) is 4.79 Å². The largest absolute Gasteiger partial charge is 0.351 e. The molecule has 1 N–H and O–H groups in total. The third-order valence-electron chi connectivity index (χ3n) is 2.74. The van der Waals surface area contributed by atoms with E-state index in [2.05, 4.69) is 36.7 Å². The average molecular weight is 252 g/mol. The molecule has 0 saturated carbocycles. The number of carbonyl (C=O) groups is 1. The van der Waals surface area contributed by atoms with E-state index in [1.54, 1.807) is 12.1 Å². The van der Waals surface area contributed by atoms with Gasteiger partial charge in [0.2, 0.25) is 0 Å². The zero-order valence-corrected chi connectivity index (χ0v) is 11.3. The van der Waals surface area contributed by atoms with Crippen LogP contribution in [-0.2, 0) is 0 Å². The summed E-state index contributed by atoms with van der Waals surface area (Å²) in [6, 6.07) is 7.22. The van der Waals surface area contributed by atoms with Gasteiger partial charge in [0.05, 0.1) is 0 Å². The van der Waals surface area contributed by atoms with Crippen LogP contribution in [0.25, 0.3) is 0 Å². The van der Waals surface area contributed by atoms with Crippen molar-refractivity contribution in [2.75, 3.05) is 26.2 Å². The van der Waals surface area contributed by atoms with Gasteiger partial charge in [0.15, 0.2) is 0 Å². The zero-order valence-electron chi connectivity index (χ0n) is 10.4. The maximum absolute atomic E-state index is 11.8. The number of hydrogen-bond donors (Lipinski definition) is 2. The second-order valence-corrected chi connectivity index (χ2v) is 4.35. The lowest BCUT2D eigenvalue weighted by Crippen LogP contribution is -2.34. The Bertz CT molecular complexity index is 347. The van der Waals surface area contributed by atoms with Crippen molar-refractivity contribution in [1.82, 2.24) is 10.2 Å². The van der Waals surface area contributed by atoms with Crippen LogP contribution >= 0.6 is 12.6 Å². The summed E-state index contributed by atoms with van der Waals surface area (Å²) in [6.07, 6.45) is 0. The van der Waals surface area contributed by atoms with Gasteiger partial charge >= 0.3 is 0 Å². The van der Waals surface area contributed by atoms with Crippen LogP contribution in [0.1, 0.15) is 24.2 Å². The summed E-state index contributed by atoms with van der Waals surface area (Å²) in [4.78, 5) is 14.9. The van der Waals surface area contributed by atoms with Gasteiger partial charge in [-0.15, -0.1) is 12.6 Å². The third kappa shape index (κ3) is 4.79. The Hall–Kier alpha value is -1.00. The molecular formula is C13H20N2OS. The monoisotopic (exact) mass is 252 g/mol. The molecule has 1 rings (SSSR count). The predicted molar refractivity (Wildman–Crippen MR) is 73.8 cm³/mol. The molecule has 17 heavy (non-hydrogen) atoms. The lowest BCUT2D eigenvalue weighted by molar-refractivity contribution is 0.0949. The predicted octanol–water partition coefficient (Wildman–Crippen LogP) is 2.05. The quantitative estimate of drug-likeness (QED) is 0.760. The molecule has 0 heterocycles. The topological polar surface area (TPSA) is 32.3 Å². The molecule has 0 aromatic heterocycles. The molecule has 0 fully saturated rings. The van der Waals surface area contributed by atoms with E-state index in [-0.39, 0.29) is 5.91 Å². The lowest BCUT2D eigenvalue weighted by Gasteiger charge is -2.17. The van der Waals surface area contributed by atoms with E-state index in [1.165, 1.54) is 0 Å². The van der Waals surface area contributed by atoms with Crippen molar-refractivity contribution in [2.45, 2.75) is 18.7 Å². The van der Waals surface area contributed by atoms with E-state index in [4.69, 9.17) is 0 Å². The minimum Gasteiger partial charge on any atom is -0.351 e. The number of amides is 1. The maximum Gasteiger partial charge on any atom is 0.251 e. The van der Waals surface area contributed by atoms with Crippen molar-refractivity contribution in [3.05, 3.63) is 29.8 Å². The summed E-state index contributed by atoms with van der Waals surface area (Å²) < 4.78 is 0. The Labute approximate surface area is 109 Å². The van der Waals surface area contributed by atoms with Crippen LogP contribution in [0.3, 0.4) is 0 Å². The van der Waals surface area contributed by atoms with Crippen LogP contribution in [0.4, 0.5) is 0 Å². The first-order valence-electron chi connectivity index (χ1n) is 5.97. The number of benzene rings is 1. The van der Waals surface area contributed by atoms with E-state index in [9.17, 15) is 4.79 Å². The minimum atomic E-state index is -0.0227. The number of thiol groups is 1. The molecule has 0 aliphatic carbocycles. The second-order valence-electron chi connectivity index (χ2n) is 3.83. The summed E-state index contributed by atoms with van der Waals surface area (Å²) in [7, 11) is 0. The molecule has 1 aromatic carbocycles. The normalized spacial score (nSPS) is 10.6. The molecule has 0 aliphatic heterocycles. The zero-order chi connectivity index (χ0) is 12.7. The molecule has 0 atom stereocenters. The van der Waals surface area contributed by atoms with E-state index in [0.29, 0.717) is 12.1 Å². The standard InChI is InChI=1S/C13H20N2OS/c1-3-15(4-2)10-9-14-13(16)11-5-7-12(17)8-6-11/h5-8,17H,3-4,9-10H2,1-2H3,(H,14,16). The fraction of sp³-hybridized carbons (Fsp3) is 0.462. The van der Waals surface area contributed by atoms with Gasteiger partial charge in [0.25, 0.3) is 5.91 Å². The fourth-order valence-corrected chi connectivity index (χ4v) is 1.73. The smallest absolute Gasteiger partial charge is 0.251 e. The second kappa shape index (κ2) is 7.35. The van der Waals surface area contributed by atoms with Crippen LogP contribution in [0.5, 0.6) is 0 Å². The SMILES string of the molecule is CCN(CC)CCNC(=O)c1ccc(S)cc1. The van der Waals surface area contributed by atoms with Gasteiger partial charge in [0, 0.05) is 23.5 Å². The average Bonchev–Trinajstić information content (AvgIpc) is 2.35. The molecule has 3 nitrogen and oxygen atoms in total. The highest BCUT2D eigenvalue weighted by atomic mass is 32.1. The highest BCUT2D eigenvalue weighted by Crippen LogP contribution is 2.07. The van der Waals surface area contributed by atoms with Crippen molar-refractivity contribution in [3.63, 3.8) is 0 Å². The summed E-state index contributed by atoms with van der Waals surface area (Å²) in [5, 5.41) is 2.91. The van der Waals surface area contributed by atoms with Gasteiger partial charge < -0.3 is 10.2 Å². The highest BCUT2D eigenvalue weighted by Gasteiger charge is 2.05. The number of carbonyl (C=O) groups excluding carboxylic acids is 1. The van der Waals surface area contributed by atoms with Crippen molar-refractivity contribution >= 4 is 18.5 Å². The number of likely N-dealkylation sites (N-methyl/N-ethyl adjacent to an activating group) is 1. The third-order valence-corrected chi connectivity index (χ3v) is 3.04. The highest BCUT2D eigenvalue weighted by molar-refractivity contribution is 7.80. The van der Waals surface area contributed by atoms with E-state index >= 15 is 0 Å². The first-order chi connectivity index (χ1) is 8.17. The molecule has 4 heteroatoms. The Kier molecular flexibility index (Phi) is 6.08.